The van der Waals surface area contributed by atoms with Crippen LogP contribution in [0.1, 0.15) is 32.1 Å². The molecule has 2 aromatic carbocycles. The highest BCUT2D eigenvalue weighted by atomic mass is 19.1. The molecule has 30 heavy (non-hydrogen) atoms. The molecule has 8 nitrogen and oxygen atoms in total. The molecule has 0 atom stereocenters. The number of nitrogens with zero attached hydrogens (tertiary/aromatic N) is 2. The van der Waals surface area contributed by atoms with Crippen molar-refractivity contribution in [3.8, 4) is 5.69 Å². The zero-order chi connectivity index (χ0) is 21.7. The Morgan fingerprint density at radius 3 is 2.37 bits per heavy atom. The molecule has 0 fully saturated rings. The fourth-order valence-corrected chi connectivity index (χ4v) is 2.84. The summed E-state index contributed by atoms with van der Waals surface area (Å²) < 4.78 is 20.2. The van der Waals surface area contributed by atoms with Gasteiger partial charge >= 0.3 is 5.97 Å². The summed E-state index contributed by atoms with van der Waals surface area (Å²) in [7, 11) is 0. The Balaban J connectivity index is 1.58. The SMILES string of the molecule is Cc1nn(-c2ccccc2)c(C)c1C(=O)OCC(=O)NNC(=O)c1ccccc1F. The van der Waals surface area contributed by atoms with Crippen LogP contribution in [0.4, 0.5) is 4.39 Å². The highest BCUT2D eigenvalue weighted by Gasteiger charge is 2.21. The third-order valence-electron chi connectivity index (χ3n) is 4.26. The first-order chi connectivity index (χ1) is 14.4. The quantitative estimate of drug-likeness (QED) is 0.496. The number of carbonyl (C=O) groups is 3. The Labute approximate surface area is 171 Å². The van der Waals surface area contributed by atoms with Crippen molar-refractivity contribution in [3.05, 3.63) is 82.9 Å². The highest BCUT2D eigenvalue weighted by Crippen LogP contribution is 2.18. The van der Waals surface area contributed by atoms with Gasteiger partial charge in [0.1, 0.15) is 11.4 Å². The van der Waals surface area contributed by atoms with Gasteiger partial charge in [0.15, 0.2) is 6.61 Å². The van der Waals surface area contributed by atoms with Gasteiger partial charge in [-0.15, -0.1) is 0 Å². The summed E-state index contributed by atoms with van der Waals surface area (Å²) in [5.74, 6) is -3.05. The van der Waals surface area contributed by atoms with Gasteiger partial charge in [-0.25, -0.2) is 13.9 Å². The van der Waals surface area contributed by atoms with Gasteiger partial charge in [-0.1, -0.05) is 30.3 Å². The number of benzene rings is 2. The van der Waals surface area contributed by atoms with Crippen LogP contribution in [0.5, 0.6) is 0 Å². The van der Waals surface area contributed by atoms with Crippen LogP contribution in [0.3, 0.4) is 0 Å². The molecule has 0 aliphatic rings. The van der Waals surface area contributed by atoms with Crippen LogP contribution in [0.25, 0.3) is 5.69 Å². The van der Waals surface area contributed by atoms with Crippen LogP contribution in [-0.2, 0) is 9.53 Å². The molecule has 2 amide bonds. The zero-order valence-corrected chi connectivity index (χ0v) is 16.3. The van der Waals surface area contributed by atoms with Crippen LogP contribution in [0.2, 0.25) is 0 Å². The third kappa shape index (κ3) is 4.52. The number of ether oxygens (including phenoxy) is 1. The van der Waals surface area contributed by atoms with Crippen LogP contribution in [0.15, 0.2) is 54.6 Å². The second kappa shape index (κ2) is 8.99. The molecule has 0 saturated carbocycles. The smallest absolute Gasteiger partial charge is 0.342 e. The van der Waals surface area contributed by atoms with Gasteiger partial charge in [0.2, 0.25) is 0 Å². The maximum atomic E-state index is 13.6. The summed E-state index contributed by atoms with van der Waals surface area (Å²) in [4.78, 5) is 36.2. The van der Waals surface area contributed by atoms with Crippen molar-refractivity contribution in [3.63, 3.8) is 0 Å². The third-order valence-corrected chi connectivity index (χ3v) is 4.26. The molecule has 0 unspecified atom stereocenters. The number of para-hydroxylation sites is 1. The van der Waals surface area contributed by atoms with E-state index >= 15 is 0 Å². The van der Waals surface area contributed by atoms with Crippen molar-refractivity contribution in [1.29, 1.82) is 0 Å². The van der Waals surface area contributed by atoms with E-state index in [4.69, 9.17) is 4.74 Å². The summed E-state index contributed by atoms with van der Waals surface area (Å²) in [5, 5.41) is 4.35. The number of hydrogen-bond donors (Lipinski definition) is 2. The van der Waals surface area contributed by atoms with Gasteiger partial charge in [-0.05, 0) is 38.1 Å². The van der Waals surface area contributed by atoms with E-state index in [2.05, 4.69) is 16.0 Å². The Morgan fingerprint density at radius 2 is 1.67 bits per heavy atom. The first kappa shape index (κ1) is 20.7. The molecule has 9 heteroatoms. The van der Waals surface area contributed by atoms with E-state index in [9.17, 15) is 18.8 Å². The molecule has 2 N–H and O–H groups in total. The van der Waals surface area contributed by atoms with E-state index in [1.807, 2.05) is 30.3 Å². The fraction of sp³-hybridized carbons (Fsp3) is 0.143. The van der Waals surface area contributed by atoms with Gasteiger partial charge in [-0.3, -0.25) is 20.4 Å². The monoisotopic (exact) mass is 410 g/mol. The lowest BCUT2D eigenvalue weighted by Crippen LogP contribution is -2.43. The maximum absolute atomic E-state index is 13.6. The number of rotatable bonds is 5. The number of carbonyl (C=O) groups excluding carboxylic acids is 3. The van der Waals surface area contributed by atoms with Gasteiger partial charge in [-0.2, -0.15) is 5.10 Å². The number of halogens is 1. The lowest BCUT2D eigenvalue weighted by atomic mass is 10.2. The summed E-state index contributed by atoms with van der Waals surface area (Å²) in [6, 6.07) is 14.6. The highest BCUT2D eigenvalue weighted by molar-refractivity contribution is 5.96. The normalized spacial score (nSPS) is 10.4. The van der Waals surface area contributed by atoms with Crippen LogP contribution >= 0.6 is 0 Å². The predicted molar refractivity (Wildman–Crippen MR) is 105 cm³/mol. The summed E-state index contributed by atoms with van der Waals surface area (Å²) in [5.41, 5.74) is 5.96. The minimum Gasteiger partial charge on any atom is -0.452 e. The van der Waals surface area contributed by atoms with Crippen molar-refractivity contribution < 1.29 is 23.5 Å². The molecule has 0 aliphatic carbocycles. The largest absolute Gasteiger partial charge is 0.452 e. The average Bonchev–Trinajstić information content (AvgIpc) is 3.05. The lowest BCUT2D eigenvalue weighted by Gasteiger charge is -2.09. The van der Waals surface area contributed by atoms with Crippen LogP contribution < -0.4 is 10.9 Å². The van der Waals surface area contributed by atoms with Gasteiger partial charge in [0.25, 0.3) is 11.8 Å². The van der Waals surface area contributed by atoms with E-state index in [1.54, 1.807) is 18.5 Å². The molecule has 3 rings (SSSR count). The minimum absolute atomic E-state index is 0.227. The number of esters is 1. The Kier molecular flexibility index (Phi) is 6.21. The molecule has 0 spiro atoms. The molecule has 1 aromatic heterocycles. The average molecular weight is 410 g/mol. The molecule has 0 bridgehead atoms. The number of hydrazine groups is 1. The Bertz CT molecular complexity index is 1100. The molecule has 3 aromatic rings. The van der Waals surface area contributed by atoms with Crippen molar-refractivity contribution in [2.24, 2.45) is 0 Å². The Morgan fingerprint density at radius 1 is 1.00 bits per heavy atom. The first-order valence-electron chi connectivity index (χ1n) is 9.01. The van der Waals surface area contributed by atoms with Crippen LogP contribution in [0, 0.1) is 19.7 Å². The van der Waals surface area contributed by atoms with E-state index in [-0.39, 0.29) is 11.1 Å². The lowest BCUT2D eigenvalue weighted by molar-refractivity contribution is -0.125. The molecule has 1 heterocycles. The summed E-state index contributed by atoms with van der Waals surface area (Å²) in [6.45, 7) is 2.75. The van der Waals surface area contributed by atoms with E-state index in [0.717, 1.165) is 11.8 Å². The molecule has 0 aliphatic heterocycles. The van der Waals surface area contributed by atoms with Gasteiger partial charge < -0.3 is 4.74 Å². The zero-order valence-electron chi connectivity index (χ0n) is 16.3. The molecule has 154 valence electrons. The van der Waals surface area contributed by atoms with Crippen molar-refractivity contribution in [2.45, 2.75) is 13.8 Å². The summed E-state index contributed by atoms with van der Waals surface area (Å²) >= 11 is 0. The predicted octanol–water partition coefficient (Wildman–Crippen LogP) is 2.25. The molecular formula is C21H19FN4O4. The number of aryl methyl sites for hydroxylation is 1. The number of aromatic nitrogens is 2. The minimum atomic E-state index is -0.830. The van der Waals surface area contributed by atoms with Crippen molar-refractivity contribution in [1.82, 2.24) is 20.6 Å². The van der Waals surface area contributed by atoms with Crippen molar-refractivity contribution in [2.75, 3.05) is 6.61 Å². The topological polar surface area (TPSA) is 102 Å². The number of amides is 2. The van der Waals surface area contributed by atoms with Crippen molar-refractivity contribution >= 4 is 17.8 Å². The summed E-state index contributed by atoms with van der Waals surface area (Å²) in [6.07, 6.45) is 0. The fourth-order valence-electron chi connectivity index (χ4n) is 2.84. The standard InChI is InChI=1S/C21H19FN4O4/c1-13-19(14(2)26(25-13)15-8-4-3-5-9-15)21(29)30-12-18(27)23-24-20(28)16-10-6-7-11-17(16)22/h3-11H,12H2,1-2H3,(H,23,27)(H,24,28). The molecule has 0 saturated heterocycles. The van der Waals surface area contributed by atoms with E-state index in [1.165, 1.54) is 18.2 Å². The van der Waals surface area contributed by atoms with Gasteiger partial charge in [0, 0.05) is 0 Å². The number of nitrogens with one attached hydrogen (secondary N) is 2. The van der Waals surface area contributed by atoms with Gasteiger partial charge in [0.05, 0.1) is 22.6 Å². The van der Waals surface area contributed by atoms with E-state index in [0.29, 0.717) is 11.4 Å². The number of hydrogen-bond acceptors (Lipinski definition) is 5. The first-order valence-corrected chi connectivity index (χ1v) is 9.01. The molecule has 0 radical (unpaired) electrons. The van der Waals surface area contributed by atoms with Crippen LogP contribution in [-0.4, -0.2) is 34.2 Å². The van der Waals surface area contributed by atoms with E-state index < -0.39 is 30.2 Å². The second-order valence-corrected chi connectivity index (χ2v) is 6.35. The maximum Gasteiger partial charge on any atom is 0.342 e. The second-order valence-electron chi connectivity index (χ2n) is 6.35. The molecular weight excluding hydrogens is 391 g/mol. The Hall–Kier alpha value is -4.01.